The van der Waals surface area contributed by atoms with Crippen molar-refractivity contribution in [2.24, 2.45) is 0 Å². The second kappa shape index (κ2) is 3.29. The first-order chi connectivity index (χ1) is 6.31. The van der Waals surface area contributed by atoms with Crippen LogP contribution in [0.3, 0.4) is 0 Å². The van der Waals surface area contributed by atoms with Crippen LogP contribution in [0, 0.1) is 0 Å². The third-order valence-corrected chi connectivity index (χ3v) is 2.78. The van der Waals surface area contributed by atoms with E-state index in [1.54, 1.807) is 6.07 Å². The highest BCUT2D eigenvalue weighted by molar-refractivity contribution is 5.57. The van der Waals surface area contributed by atoms with Crippen molar-refractivity contribution in [2.75, 3.05) is 11.9 Å². The van der Waals surface area contributed by atoms with Gasteiger partial charge in [-0.25, -0.2) is 0 Å². The third kappa shape index (κ3) is 1.48. The van der Waals surface area contributed by atoms with E-state index >= 15 is 0 Å². The summed E-state index contributed by atoms with van der Waals surface area (Å²) < 4.78 is 0. The molecule has 70 valence electrons. The number of anilines is 1. The van der Waals surface area contributed by atoms with Crippen molar-refractivity contribution in [1.82, 2.24) is 0 Å². The van der Waals surface area contributed by atoms with Gasteiger partial charge in [0.2, 0.25) is 0 Å². The molecule has 0 radical (unpaired) electrons. The molecule has 13 heavy (non-hydrogen) atoms. The second-order valence-electron chi connectivity index (χ2n) is 3.59. The van der Waals surface area contributed by atoms with E-state index in [0.29, 0.717) is 11.7 Å². The molecule has 0 fully saturated rings. The summed E-state index contributed by atoms with van der Waals surface area (Å²) in [5.74, 6) is 1.01. The lowest BCUT2D eigenvalue weighted by Gasteiger charge is -2.25. The van der Waals surface area contributed by atoms with Gasteiger partial charge < -0.3 is 10.4 Å². The maximum absolute atomic E-state index is 9.31. The highest BCUT2D eigenvalue weighted by atomic mass is 16.3. The molecule has 1 aliphatic heterocycles. The van der Waals surface area contributed by atoms with Crippen molar-refractivity contribution in [2.45, 2.75) is 25.7 Å². The molecule has 2 N–H and O–H groups in total. The van der Waals surface area contributed by atoms with Crippen molar-refractivity contribution in [3.05, 3.63) is 23.8 Å². The Hall–Kier alpha value is -1.18. The Labute approximate surface area is 78.6 Å². The van der Waals surface area contributed by atoms with Crippen LogP contribution in [0.4, 0.5) is 5.69 Å². The highest BCUT2D eigenvalue weighted by Crippen LogP contribution is 2.35. The first-order valence-corrected chi connectivity index (χ1v) is 4.88. The first-order valence-electron chi connectivity index (χ1n) is 4.88. The number of benzene rings is 1. The Morgan fingerprint density at radius 3 is 3.15 bits per heavy atom. The average molecular weight is 177 g/mol. The molecular weight excluding hydrogens is 162 g/mol. The number of hydrogen-bond donors (Lipinski definition) is 2. The maximum atomic E-state index is 9.31. The summed E-state index contributed by atoms with van der Waals surface area (Å²) >= 11 is 0. The van der Waals surface area contributed by atoms with Gasteiger partial charge in [0.1, 0.15) is 5.75 Å². The molecule has 2 nitrogen and oxygen atoms in total. The van der Waals surface area contributed by atoms with E-state index in [9.17, 15) is 5.11 Å². The van der Waals surface area contributed by atoms with E-state index in [2.05, 4.69) is 12.2 Å². The van der Waals surface area contributed by atoms with Crippen LogP contribution >= 0.6 is 0 Å². The molecular formula is C11H15NO. The molecule has 1 aromatic carbocycles. The molecule has 0 aliphatic carbocycles. The van der Waals surface area contributed by atoms with Gasteiger partial charge in [0, 0.05) is 18.3 Å². The number of fused-ring (bicyclic) bond motifs is 1. The summed E-state index contributed by atoms with van der Waals surface area (Å²) in [5.41, 5.74) is 2.46. The number of phenolic OH excluding ortho intramolecular Hbond substituents is 1. The van der Waals surface area contributed by atoms with Gasteiger partial charge in [-0.05, 0) is 30.4 Å². The van der Waals surface area contributed by atoms with Gasteiger partial charge in [0.15, 0.2) is 0 Å². The van der Waals surface area contributed by atoms with Crippen LogP contribution in [0.1, 0.15) is 31.2 Å². The molecule has 0 spiro atoms. The zero-order valence-corrected chi connectivity index (χ0v) is 7.88. The molecule has 2 rings (SSSR count). The van der Waals surface area contributed by atoms with Gasteiger partial charge in [0.05, 0.1) is 0 Å². The SMILES string of the molecule is CC[C@H]1CCNc2cc(O)ccc21. The summed E-state index contributed by atoms with van der Waals surface area (Å²) in [6.45, 7) is 3.24. The smallest absolute Gasteiger partial charge is 0.117 e. The molecule has 1 aliphatic rings. The average Bonchev–Trinajstić information content (AvgIpc) is 2.16. The van der Waals surface area contributed by atoms with Gasteiger partial charge in [-0.1, -0.05) is 13.0 Å². The number of hydrogen-bond acceptors (Lipinski definition) is 2. The largest absolute Gasteiger partial charge is 0.508 e. The van der Waals surface area contributed by atoms with E-state index < -0.39 is 0 Å². The van der Waals surface area contributed by atoms with Crippen LogP contribution in [0.15, 0.2) is 18.2 Å². The summed E-state index contributed by atoms with van der Waals surface area (Å²) in [7, 11) is 0. The number of aromatic hydroxyl groups is 1. The molecule has 0 bridgehead atoms. The van der Waals surface area contributed by atoms with E-state index in [1.165, 1.54) is 18.4 Å². The number of rotatable bonds is 1. The molecule has 1 aromatic rings. The van der Waals surface area contributed by atoms with Crippen molar-refractivity contribution < 1.29 is 5.11 Å². The molecule has 0 unspecified atom stereocenters. The zero-order valence-electron chi connectivity index (χ0n) is 7.88. The maximum Gasteiger partial charge on any atom is 0.117 e. The van der Waals surface area contributed by atoms with Gasteiger partial charge in [-0.2, -0.15) is 0 Å². The van der Waals surface area contributed by atoms with E-state index in [0.717, 1.165) is 12.2 Å². The Balaban J connectivity index is 2.40. The fourth-order valence-electron chi connectivity index (χ4n) is 2.01. The number of nitrogens with one attached hydrogen (secondary N) is 1. The molecule has 1 heterocycles. The van der Waals surface area contributed by atoms with Crippen molar-refractivity contribution >= 4 is 5.69 Å². The van der Waals surface area contributed by atoms with Crippen LogP contribution < -0.4 is 5.32 Å². The third-order valence-electron chi connectivity index (χ3n) is 2.78. The van der Waals surface area contributed by atoms with Crippen molar-refractivity contribution in [1.29, 1.82) is 0 Å². The monoisotopic (exact) mass is 177 g/mol. The lowest BCUT2D eigenvalue weighted by Crippen LogP contribution is -2.15. The summed E-state index contributed by atoms with van der Waals surface area (Å²) in [5, 5.41) is 12.6. The Kier molecular flexibility index (Phi) is 2.13. The number of phenols is 1. The van der Waals surface area contributed by atoms with E-state index in [1.807, 2.05) is 12.1 Å². The summed E-state index contributed by atoms with van der Waals surface area (Å²) in [6, 6.07) is 5.62. The lowest BCUT2D eigenvalue weighted by atomic mass is 9.89. The predicted molar refractivity (Wildman–Crippen MR) is 54.2 cm³/mol. The standard InChI is InChI=1S/C11H15NO/c1-2-8-5-6-12-11-7-9(13)3-4-10(8)11/h3-4,7-8,12-13H,2,5-6H2,1H3/t8-/m0/s1. The van der Waals surface area contributed by atoms with Gasteiger partial charge in [-0.3, -0.25) is 0 Å². The minimum absolute atomic E-state index is 0.350. The second-order valence-corrected chi connectivity index (χ2v) is 3.59. The van der Waals surface area contributed by atoms with Crippen LogP contribution in [0.5, 0.6) is 5.75 Å². The van der Waals surface area contributed by atoms with E-state index in [4.69, 9.17) is 0 Å². The van der Waals surface area contributed by atoms with Crippen LogP contribution in [-0.2, 0) is 0 Å². The van der Waals surface area contributed by atoms with Gasteiger partial charge in [0.25, 0.3) is 0 Å². The minimum Gasteiger partial charge on any atom is -0.508 e. The lowest BCUT2D eigenvalue weighted by molar-refractivity contribution is 0.474. The van der Waals surface area contributed by atoms with Crippen molar-refractivity contribution in [3.63, 3.8) is 0 Å². The highest BCUT2D eigenvalue weighted by Gasteiger charge is 2.17. The van der Waals surface area contributed by atoms with Crippen LogP contribution in [-0.4, -0.2) is 11.7 Å². The quantitative estimate of drug-likeness (QED) is 0.691. The van der Waals surface area contributed by atoms with Crippen LogP contribution in [0.2, 0.25) is 0 Å². The fourth-order valence-corrected chi connectivity index (χ4v) is 2.01. The Bertz CT molecular complexity index is 309. The van der Waals surface area contributed by atoms with Crippen molar-refractivity contribution in [3.8, 4) is 5.75 Å². The fraction of sp³-hybridized carbons (Fsp3) is 0.455. The molecule has 0 saturated carbocycles. The molecule has 0 aromatic heterocycles. The first kappa shape index (κ1) is 8.42. The Morgan fingerprint density at radius 1 is 1.54 bits per heavy atom. The van der Waals surface area contributed by atoms with Gasteiger partial charge in [-0.15, -0.1) is 0 Å². The summed E-state index contributed by atoms with van der Waals surface area (Å²) in [6.07, 6.45) is 2.38. The normalized spacial score (nSPS) is 20.5. The topological polar surface area (TPSA) is 32.3 Å². The Morgan fingerprint density at radius 2 is 2.38 bits per heavy atom. The predicted octanol–water partition coefficient (Wildman–Crippen LogP) is 2.70. The van der Waals surface area contributed by atoms with Gasteiger partial charge >= 0.3 is 0 Å². The van der Waals surface area contributed by atoms with E-state index in [-0.39, 0.29) is 0 Å². The summed E-state index contributed by atoms with van der Waals surface area (Å²) in [4.78, 5) is 0. The zero-order chi connectivity index (χ0) is 9.26. The molecule has 0 saturated heterocycles. The molecule has 1 atom stereocenters. The molecule has 2 heteroatoms. The molecule has 0 amide bonds. The van der Waals surface area contributed by atoms with Crippen LogP contribution in [0.25, 0.3) is 0 Å². The minimum atomic E-state index is 0.350.